The number of aromatic amines is 1. The Hall–Kier alpha value is -3.91. The molecule has 0 unspecified atom stereocenters. The molecule has 4 rings (SSSR count). The predicted molar refractivity (Wildman–Crippen MR) is 132 cm³/mol. The number of hydrogen-bond donors (Lipinski definition) is 2. The molecule has 0 saturated carbocycles. The summed E-state index contributed by atoms with van der Waals surface area (Å²) < 4.78 is 10.3. The van der Waals surface area contributed by atoms with Gasteiger partial charge in [0.15, 0.2) is 6.61 Å². The van der Waals surface area contributed by atoms with E-state index in [2.05, 4.69) is 10.3 Å². The SMILES string of the molecule is CCOC(=O)c1sc(-c2ccccc2)cc1NC(=O)COC(=O)CCc1c[nH]c2ccccc12. The maximum absolute atomic E-state index is 12.5. The number of aryl methyl sites for hydroxylation is 1. The van der Waals surface area contributed by atoms with Crippen molar-refractivity contribution >= 4 is 45.8 Å². The summed E-state index contributed by atoms with van der Waals surface area (Å²) in [4.78, 5) is 41.3. The van der Waals surface area contributed by atoms with E-state index in [0.29, 0.717) is 17.0 Å². The van der Waals surface area contributed by atoms with Crippen molar-refractivity contribution in [3.8, 4) is 10.4 Å². The quantitative estimate of drug-likeness (QED) is 0.324. The van der Waals surface area contributed by atoms with E-state index in [4.69, 9.17) is 9.47 Å². The minimum atomic E-state index is -0.525. The van der Waals surface area contributed by atoms with Crippen molar-refractivity contribution in [3.63, 3.8) is 0 Å². The van der Waals surface area contributed by atoms with Gasteiger partial charge in [-0.15, -0.1) is 11.3 Å². The summed E-state index contributed by atoms with van der Waals surface area (Å²) in [6.45, 7) is 1.50. The number of ether oxygens (including phenoxy) is 2. The van der Waals surface area contributed by atoms with E-state index in [1.807, 2.05) is 60.8 Å². The number of amides is 1. The third-order valence-electron chi connectivity index (χ3n) is 5.16. The number of esters is 2. The fourth-order valence-corrected chi connectivity index (χ4v) is 4.57. The molecule has 8 heteroatoms. The number of hydrogen-bond acceptors (Lipinski definition) is 6. The summed E-state index contributed by atoms with van der Waals surface area (Å²) in [5.41, 5.74) is 3.28. The smallest absolute Gasteiger partial charge is 0.350 e. The van der Waals surface area contributed by atoms with Crippen molar-refractivity contribution < 1.29 is 23.9 Å². The van der Waals surface area contributed by atoms with Crippen LogP contribution in [0.4, 0.5) is 5.69 Å². The minimum absolute atomic E-state index is 0.153. The number of rotatable bonds is 9. The standard InChI is InChI=1S/C26H24N2O5S/c1-2-32-26(31)25-21(14-22(34-25)17-8-4-3-5-9-17)28-23(29)16-33-24(30)13-12-18-15-27-20-11-7-6-10-19(18)20/h3-11,14-15,27H,2,12-13,16H2,1H3,(H,28,29). The fourth-order valence-electron chi connectivity index (χ4n) is 3.56. The number of para-hydroxylation sites is 1. The van der Waals surface area contributed by atoms with Gasteiger partial charge in [0, 0.05) is 28.4 Å². The maximum atomic E-state index is 12.5. The van der Waals surface area contributed by atoms with Crippen LogP contribution in [0.15, 0.2) is 66.9 Å². The summed E-state index contributed by atoms with van der Waals surface area (Å²) in [6.07, 6.45) is 2.53. The Bertz CT molecular complexity index is 1310. The molecule has 0 aliphatic heterocycles. The van der Waals surface area contributed by atoms with Crippen molar-refractivity contribution in [1.82, 2.24) is 4.98 Å². The maximum Gasteiger partial charge on any atom is 0.350 e. The van der Waals surface area contributed by atoms with E-state index in [1.165, 1.54) is 11.3 Å². The summed E-state index contributed by atoms with van der Waals surface area (Å²) in [6, 6.07) is 19.1. The number of anilines is 1. The molecule has 2 aromatic carbocycles. The molecule has 174 valence electrons. The Labute approximate surface area is 200 Å². The molecular formula is C26H24N2O5S. The van der Waals surface area contributed by atoms with Gasteiger partial charge in [-0.2, -0.15) is 0 Å². The number of thiophene rings is 1. The number of fused-ring (bicyclic) bond motifs is 1. The number of benzene rings is 2. The summed E-state index contributed by atoms with van der Waals surface area (Å²) in [5.74, 6) is -1.51. The van der Waals surface area contributed by atoms with Crippen molar-refractivity contribution in [2.75, 3.05) is 18.5 Å². The van der Waals surface area contributed by atoms with E-state index >= 15 is 0 Å². The molecular weight excluding hydrogens is 452 g/mol. The van der Waals surface area contributed by atoms with Gasteiger partial charge in [0.05, 0.1) is 12.3 Å². The van der Waals surface area contributed by atoms with Gasteiger partial charge in [-0.3, -0.25) is 9.59 Å². The van der Waals surface area contributed by atoms with Gasteiger partial charge in [0.2, 0.25) is 0 Å². The molecule has 1 amide bonds. The lowest BCUT2D eigenvalue weighted by Gasteiger charge is -2.07. The second-order valence-electron chi connectivity index (χ2n) is 7.51. The molecule has 0 aliphatic carbocycles. The average molecular weight is 477 g/mol. The fraction of sp³-hybridized carbons (Fsp3) is 0.192. The lowest BCUT2D eigenvalue weighted by Crippen LogP contribution is -2.21. The Morgan fingerprint density at radius 1 is 1.00 bits per heavy atom. The molecule has 0 atom stereocenters. The van der Waals surface area contributed by atoms with Crippen molar-refractivity contribution in [2.45, 2.75) is 19.8 Å². The van der Waals surface area contributed by atoms with Gasteiger partial charge in [0.25, 0.3) is 5.91 Å². The van der Waals surface area contributed by atoms with Crippen molar-refractivity contribution in [3.05, 3.63) is 77.3 Å². The third-order valence-corrected chi connectivity index (χ3v) is 6.33. The number of aromatic nitrogens is 1. The zero-order chi connectivity index (χ0) is 23.9. The van der Waals surface area contributed by atoms with Crippen molar-refractivity contribution in [2.24, 2.45) is 0 Å². The Morgan fingerprint density at radius 2 is 1.76 bits per heavy atom. The molecule has 7 nitrogen and oxygen atoms in total. The second-order valence-corrected chi connectivity index (χ2v) is 8.56. The van der Waals surface area contributed by atoms with Crippen LogP contribution < -0.4 is 5.32 Å². The summed E-state index contributed by atoms with van der Waals surface area (Å²) in [5, 5.41) is 3.74. The Morgan fingerprint density at radius 3 is 2.56 bits per heavy atom. The first-order valence-corrected chi connectivity index (χ1v) is 11.7. The van der Waals surface area contributed by atoms with Crippen LogP contribution in [0.5, 0.6) is 0 Å². The molecule has 0 fully saturated rings. The highest BCUT2D eigenvalue weighted by atomic mass is 32.1. The molecule has 0 aliphatic rings. The molecule has 0 spiro atoms. The second kappa shape index (κ2) is 10.8. The van der Waals surface area contributed by atoms with Crippen LogP contribution in [0.2, 0.25) is 0 Å². The lowest BCUT2D eigenvalue weighted by molar-refractivity contribution is -0.147. The van der Waals surface area contributed by atoms with Crippen LogP contribution in [0.25, 0.3) is 21.3 Å². The van der Waals surface area contributed by atoms with Crippen LogP contribution >= 0.6 is 11.3 Å². The molecule has 2 aromatic heterocycles. The largest absolute Gasteiger partial charge is 0.462 e. The third kappa shape index (κ3) is 5.52. The van der Waals surface area contributed by atoms with Gasteiger partial charge in [-0.05, 0) is 36.6 Å². The van der Waals surface area contributed by atoms with Crippen molar-refractivity contribution in [1.29, 1.82) is 0 Å². The molecule has 2 heterocycles. The van der Waals surface area contributed by atoms with E-state index < -0.39 is 24.5 Å². The first kappa shape index (κ1) is 23.3. The van der Waals surface area contributed by atoms with Gasteiger partial charge in [-0.25, -0.2) is 4.79 Å². The molecule has 0 saturated heterocycles. The molecule has 4 aromatic rings. The van der Waals surface area contributed by atoms with Crippen LogP contribution in [0.1, 0.15) is 28.6 Å². The Kier molecular flexibility index (Phi) is 7.39. The summed E-state index contributed by atoms with van der Waals surface area (Å²) in [7, 11) is 0. The highest BCUT2D eigenvalue weighted by molar-refractivity contribution is 7.18. The number of carbonyl (C=O) groups excluding carboxylic acids is 3. The molecule has 0 radical (unpaired) electrons. The van der Waals surface area contributed by atoms with Crippen LogP contribution in [-0.4, -0.2) is 36.0 Å². The van der Waals surface area contributed by atoms with Crippen LogP contribution in [0, 0.1) is 0 Å². The summed E-state index contributed by atoms with van der Waals surface area (Å²) >= 11 is 1.23. The first-order valence-electron chi connectivity index (χ1n) is 10.9. The van der Waals surface area contributed by atoms with E-state index in [9.17, 15) is 14.4 Å². The zero-order valence-corrected chi connectivity index (χ0v) is 19.4. The topological polar surface area (TPSA) is 97.5 Å². The highest BCUT2D eigenvalue weighted by Crippen LogP contribution is 2.35. The number of H-pyrrole nitrogens is 1. The van der Waals surface area contributed by atoms with Crippen LogP contribution in [0.3, 0.4) is 0 Å². The number of nitrogens with one attached hydrogen (secondary N) is 2. The first-order chi connectivity index (χ1) is 16.5. The van der Waals surface area contributed by atoms with Gasteiger partial charge >= 0.3 is 11.9 Å². The van der Waals surface area contributed by atoms with Gasteiger partial charge in [-0.1, -0.05) is 48.5 Å². The number of carbonyl (C=O) groups is 3. The molecule has 2 N–H and O–H groups in total. The normalized spacial score (nSPS) is 10.7. The minimum Gasteiger partial charge on any atom is -0.462 e. The average Bonchev–Trinajstić information content (AvgIpc) is 3.46. The predicted octanol–water partition coefficient (Wildman–Crippen LogP) is 5.19. The van der Waals surface area contributed by atoms with Crippen LogP contribution in [-0.2, 0) is 25.5 Å². The molecule has 34 heavy (non-hydrogen) atoms. The van der Waals surface area contributed by atoms with E-state index in [-0.39, 0.29) is 13.0 Å². The van der Waals surface area contributed by atoms with Gasteiger partial charge in [0.1, 0.15) is 4.88 Å². The monoisotopic (exact) mass is 476 g/mol. The van der Waals surface area contributed by atoms with E-state index in [0.717, 1.165) is 26.9 Å². The zero-order valence-electron chi connectivity index (χ0n) is 18.6. The lowest BCUT2D eigenvalue weighted by atomic mass is 10.1. The molecule has 0 bridgehead atoms. The highest BCUT2D eigenvalue weighted by Gasteiger charge is 2.20. The van der Waals surface area contributed by atoms with E-state index in [1.54, 1.807) is 13.0 Å². The Balaban J connectivity index is 1.35. The van der Waals surface area contributed by atoms with Gasteiger partial charge < -0.3 is 19.8 Å².